The molecule has 0 unspecified atom stereocenters. The summed E-state index contributed by atoms with van der Waals surface area (Å²) >= 11 is 1.71. The first-order valence-corrected chi connectivity index (χ1v) is 6.54. The summed E-state index contributed by atoms with van der Waals surface area (Å²) in [7, 11) is 0. The molecule has 86 valence electrons. The van der Waals surface area contributed by atoms with Crippen molar-refractivity contribution in [2.24, 2.45) is 0 Å². The van der Waals surface area contributed by atoms with Gasteiger partial charge in [-0.3, -0.25) is 4.90 Å². The van der Waals surface area contributed by atoms with E-state index in [0.717, 1.165) is 23.1 Å². The van der Waals surface area contributed by atoms with Gasteiger partial charge in [0.1, 0.15) is 10.0 Å². The summed E-state index contributed by atoms with van der Waals surface area (Å²) in [5.41, 5.74) is 0. The summed E-state index contributed by atoms with van der Waals surface area (Å²) in [4.78, 5) is 2.46. The van der Waals surface area contributed by atoms with Crippen molar-refractivity contribution in [1.29, 1.82) is 0 Å². The van der Waals surface area contributed by atoms with Crippen molar-refractivity contribution in [3.8, 4) is 0 Å². The first kappa shape index (κ1) is 12.6. The maximum absolute atomic E-state index is 4.22. The molecule has 0 N–H and O–H groups in total. The van der Waals surface area contributed by atoms with Gasteiger partial charge < -0.3 is 0 Å². The Labute approximate surface area is 96.5 Å². The molecule has 0 fully saturated rings. The third-order valence-corrected chi connectivity index (χ3v) is 3.66. The summed E-state index contributed by atoms with van der Waals surface area (Å²) in [6.07, 6.45) is 2.51. The van der Waals surface area contributed by atoms with Crippen LogP contribution in [0.4, 0.5) is 0 Å². The smallest absolute Gasteiger partial charge is 0.134 e. The molecule has 3 nitrogen and oxygen atoms in total. The second-order valence-corrected chi connectivity index (χ2v) is 5.03. The number of hydrogen-bond acceptors (Lipinski definition) is 4. The molecule has 1 heterocycles. The highest BCUT2D eigenvalue weighted by Crippen LogP contribution is 2.23. The van der Waals surface area contributed by atoms with Crippen molar-refractivity contribution < 1.29 is 0 Å². The molecule has 15 heavy (non-hydrogen) atoms. The van der Waals surface area contributed by atoms with Gasteiger partial charge in [-0.25, -0.2) is 0 Å². The van der Waals surface area contributed by atoms with Gasteiger partial charge in [-0.2, -0.15) is 0 Å². The fraction of sp³-hybridized carbons (Fsp3) is 0.818. The van der Waals surface area contributed by atoms with Gasteiger partial charge in [0, 0.05) is 0 Å². The molecule has 0 aliphatic carbocycles. The molecule has 0 amide bonds. The first-order valence-electron chi connectivity index (χ1n) is 5.73. The average molecular weight is 227 g/mol. The molecule has 0 saturated heterocycles. The van der Waals surface area contributed by atoms with Gasteiger partial charge in [-0.15, -0.1) is 21.5 Å². The Morgan fingerprint density at radius 2 is 2.07 bits per heavy atom. The first-order chi connectivity index (χ1) is 7.19. The third-order valence-electron chi connectivity index (χ3n) is 2.65. The Morgan fingerprint density at radius 1 is 1.33 bits per heavy atom. The minimum Gasteiger partial charge on any atom is -0.294 e. The van der Waals surface area contributed by atoms with E-state index in [1.165, 1.54) is 12.8 Å². The van der Waals surface area contributed by atoms with Crippen LogP contribution in [0.25, 0.3) is 0 Å². The van der Waals surface area contributed by atoms with Gasteiger partial charge in [0.25, 0.3) is 0 Å². The van der Waals surface area contributed by atoms with Gasteiger partial charge in [-0.05, 0) is 33.4 Å². The molecule has 0 aliphatic rings. The van der Waals surface area contributed by atoms with Crippen LogP contribution in [0.2, 0.25) is 0 Å². The molecule has 1 rings (SSSR count). The zero-order chi connectivity index (χ0) is 11.3. The van der Waals surface area contributed by atoms with Gasteiger partial charge in [-0.1, -0.05) is 20.3 Å². The molecule has 0 spiro atoms. The normalized spacial score (nSPS) is 13.4. The lowest BCUT2D eigenvalue weighted by Crippen LogP contribution is -2.27. The standard InChI is InChI=1S/C11H21N3S/c1-5-7-8-14(6-2)9(3)11-13-12-10(4)15-11/h9H,5-8H2,1-4H3/t9-/m1/s1. The fourth-order valence-electron chi connectivity index (χ4n) is 1.62. The summed E-state index contributed by atoms with van der Waals surface area (Å²) in [6.45, 7) is 10.9. The Balaban J connectivity index is 2.59. The summed E-state index contributed by atoms with van der Waals surface area (Å²) in [5.74, 6) is 0. The number of unbranched alkanes of at least 4 members (excludes halogenated alkanes) is 1. The molecular formula is C11H21N3S. The topological polar surface area (TPSA) is 29.0 Å². The van der Waals surface area contributed by atoms with Gasteiger partial charge in [0.15, 0.2) is 0 Å². The third kappa shape index (κ3) is 3.54. The average Bonchev–Trinajstić information content (AvgIpc) is 2.65. The molecular weight excluding hydrogens is 206 g/mol. The minimum atomic E-state index is 0.410. The predicted molar refractivity (Wildman–Crippen MR) is 65.2 cm³/mol. The molecule has 0 radical (unpaired) electrons. The van der Waals surface area contributed by atoms with E-state index in [9.17, 15) is 0 Å². The van der Waals surface area contributed by atoms with Crippen molar-refractivity contribution >= 4 is 11.3 Å². The van der Waals surface area contributed by atoms with Crippen LogP contribution < -0.4 is 0 Å². The van der Waals surface area contributed by atoms with Crippen molar-refractivity contribution in [1.82, 2.24) is 15.1 Å². The maximum Gasteiger partial charge on any atom is 0.134 e. The lowest BCUT2D eigenvalue weighted by molar-refractivity contribution is 0.217. The lowest BCUT2D eigenvalue weighted by atomic mass is 10.2. The van der Waals surface area contributed by atoms with Crippen molar-refractivity contribution in [3.63, 3.8) is 0 Å². The zero-order valence-electron chi connectivity index (χ0n) is 10.2. The van der Waals surface area contributed by atoms with Crippen LogP contribution in [-0.2, 0) is 0 Å². The summed E-state index contributed by atoms with van der Waals surface area (Å²) < 4.78 is 0. The molecule has 1 aromatic heterocycles. The second-order valence-electron chi connectivity index (χ2n) is 3.82. The van der Waals surface area contributed by atoms with Crippen molar-refractivity contribution in [3.05, 3.63) is 10.0 Å². The second kappa shape index (κ2) is 6.18. The lowest BCUT2D eigenvalue weighted by Gasteiger charge is -2.25. The van der Waals surface area contributed by atoms with Crippen LogP contribution in [0.3, 0.4) is 0 Å². The molecule has 0 aromatic carbocycles. The maximum atomic E-state index is 4.22. The van der Waals surface area contributed by atoms with E-state index in [0.29, 0.717) is 6.04 Å². The van der Waals surface area contributed by atoms with E-state index in [4.69, 9.17) is 0 Å². The van der Waals surface area contributed by atoms with Crippen LogP contribution in [0, 0.1) is 6.92 Å². The molecule has 1 aromatic rings. The number of aromatic nitrogens is 2. The number of rotatable bonds is 6. The Hall–Kier alpha value is -0.480. The van der Waals surface area contributed by atoms with Crippen LogP contribution >= 0.6 is 11.3 Å². The quantitative estimate of drug-likeness (QED) is 0.748. The van der Waals surface area contributed by atoms with E-state index in [-0.39, 0.29) is 0 Å². The Morgan fingerprint density at radius 3 is 2.53 bits per heavy atom. The van der Waals surface area contributed by atoms with Gasteiger partial charge in [0.2, 0.25) is 0 Å². The van der Waals surface area contributed by atoms with Crippen LogP contribution in [0.1, 0.15) is 49.7 Å². The number of nitrogens with zero attached hydrogens (tertiary/aromatic N) is 3. The minimum absolute atomic E-state index is 0.410. The molecule has 4 heteroatoms. The zero-order valence-corrected chi connectivity index (χ0v) is 11.0. The summed E-state index contributed by atoms with van der Waals surface area (Å²) in [6, 6.07) is 0.410. The molecule has 0 bridgehead atoms. The Kier molecular flexibility index (Phi) is 5.19. The molecule has 1 atom stereocenters. The predicted octanol–water partition coefficient (Wildman–Crippen LogP) is 3.03. The van der Waals surface area contributed by atoms with E-state index < -0.39 is 0 Å². The summed E-state index contributed by atoms with van der Waals surface area (Å²) in [5, 5.41) is 10.5. The SMILES string of the molecule is CCCCN(CC)[C@H](C)c1nnc(C)s1. The highest BCUT2D eigenvalue weighted by atomic mass is 32.1. The highest BCUT2D eigenvalue weighted by Gasteiger charge is 2.17. The van der Waals surface area contributed by atoms with E-state index >= 15 is 0 Å². The van der Waals surface area contributed by atoms with Crippen LogP contribution in [0.5, 0.6) is 0 Å². The van der Waals surface area contributed by atoms with Crippen molar-refractivity contribution in [2.45, 2.75) is 46.6 Å². The van der Waals surface area contributed by atoms with Gasteiger partial charge in [0.05, 0.1) is 6.04 Å². The Bertz CT molecular complexity index is 285. The number of aryl methyl sites for hydroxylation is 1. The molecule has 0 saturated carbocycles. The van der Waals surface area contributed by atoms with Gasteiger partial charge >= 0.3 is 0 Å². The monoisotopic (exact) mass is 227 g/mol. The van der Waals surface area contributed by atoms with Crippen molar-refractivity contribution in [2.75, 3.05) is 13.1 Å². The largest absolute Gasteiger partial charge is 0.294 e. The highest BCUT2D eigenvalue weighted by molar-refractivity contribution is 7.11. The fourth-order valence-corrected chi connectivity index (χ4v) is 2.41. The van der Waals surface area contributed by atoms with Crippen LogP contribution in [0.15, 0.2) is 0 Å². The van der Waals surface area contributed by atoms with E-state index in [1.807, 2.05) is 6.92 Å². The molecule has 0 aliphatic heterocycles. The van der Waals surface area contributed by atoms with E-state index in [2.05, 4.69) is 35.9 Å². The van der Waals surface area contributed by atoms with E-state index in [1.54, 1.807) is 11.3 Å². The van der Waals surface area contributed by atoms with Crippen LogP contribution in [-0.4, -0.2) is 28.2 Å². The number of hydrogen-bond donors (Lipinski definition) is 0.